The molecule has 1 atom stereocenters. The molecule has 0 radical (unpaired) electrons. The van der Waals surface area contributed by atoms with Crippen LogP contribution < -0.4 is 4.90 Å². The van der Waals surface area contributed by atoms with Crippen LogP contribution in [-0.4, -0.2) is 35.8 Å². The molecular formula is C13H16ClN3O. The van der Waals surface area contributed by atoms with Crippen molar-refractivity contribution in [1.82, 2.24) is 9.97 Å². The highest BCUT2D eigenvalue weighted by Gasteiger charge is 2.21. The maximum Gasteiger partial charge on any atom is 0.141 e. The Bertz CT molecular complexity index is 581. The number of rotatable bonds is 1. The van der Waals surface area contributed by atoms with Gasteiger partial charge in [-0.2, -0.15) is 0 Å². The van der Waals surface area contributed by atoms with Crippen LogP contribution in [-0.2, 0) is 4.74 Å². The number of ether oxygens (including phenoxy) is 1. The lowest BCUT2D eigenvalue weighted by Gasteiger charge is -2.34. The molecular weight excluding hydrogens is 250 g/mol. The van der Waals surface area contributed by atoms with Crippen LogP contribution in [0.3, 0.4) is 0 Å². The first kappa shape index (κ1) is 11.8. The summed E-state index contributed by atoms with van der Waals surface area (Å²) in [5.74, 6) is 0.921. The van der Waals surface area contributed by atoms with Gasteiger partial charge in [-0.05, 0) is 19.4 Å². The van der Waals surface area contributed by atoms with Crippen molar-refractivity contribution >= 4 is 28.5 Å². The molecule has 0 unspecified atom stereocenters. The van der Waals surface area contributed by atoms with E-state index in [2.05, 4.69) is 21.8 Å². The minimum Gasteiger partial charge on any atom is -0.377 e. The molecule has 18 heavy (non-hydrogen) atoms. The van der Waals surface area contributed by atoms with Gasteiger partial charge in [0.2, 0.25) is 0 Å². The van der Waals surface area contributed by atoms with Crippen LogP contribution in [0.25, 0.3) is 11.0 Å². The third-order valence-electron chi connectivity index (χ3n) is 3.44. The van der Waals surface area contributed by atoms with Crippen LogP contribution >= 0.6 is 11.6 Å². The molecule has 0 spiro atoms. The molecule has 1 fully saturated rings. The number of hydrogen-bond donors (Lipinski definition) is 1. The lowest BCUT2D eigenvalue weighted by molar-refractivity contribution is 0.0985. The predicted molar refractivity (Wildman–Crippen MR) is 73.5 cm³/mol. The average Bonchev–Trinajstić information content (AvgIpc) is 2.72. The zero-order valence-electron chi connectivity index (χ0n) is 10.5. The lowest BCUT2D eigenvalue weighted by atomic mass is 10.2. The maximum absolute atomic E-state index is 6.36. The van der Waals surface area contributed by atoms with Crippen LogP contribution in [0.1, 0.15) is 12.5 Å². The molecule has 1 saturated heterocycles. The van der Waals surface area contributed by atoms with Crippen LogP contribution in [0.5, 0.6) is 0 Å². The highest BCUT2D eigenvalue weighted by atomic mass is 35.5. The van der Waals surface area contributed by atoms with E-state index in [-0.39, 0.29) is 0 Å². The van der Waals surface area contributed by atoms with Gasteiger partial charge in [-0.15, -0.1) is 0 Å². The van der Waals surface area contributed by atoms with Gasteiger partial charge in [0, 0.05) is 24.2 Å². The lowest BCUT2D eigenvalue weighted by Crippen LogP contribution is -2.44. The van der Waals surface area contributed by atoms with Crippen LogP contribution in [0.4, 0.5) is 5.82 Å². The number of morpholine rings is 1. The predicted octanol–water partition coefficient (Wildman–Crippen LogP) is 2.75. The number of fused-ring (bicyclic) bond motifs is 1. The van der Waals surface area contributed by atoms with Crippen molar-refractivity contribution < 1.29 is 4.74 Å². The Morgan fingerprint density at radius 1 is 1.56 bits per heavy atom. The van der Waals surface area contributed by atoms with Crippen molar-refractivity contribution in [3.63, 3.8) is 0 Å². The van der Waals surface area contributed by atoms with Gasteiger partial charge in [-0.25, -0.2) is 4.98 Å². The summed E-state index contributed by atoms with van der Waals surface area (Å²) in [6, 6.07) is 2.28. The smallest absolute Gasteiger partial charge is 0.141 e. The van der Waals surface area contributed by atoms with Crippen molar-refractivity contribution in [2.45, 2.75) is 19.9 Å². The van der Waals surface area contributed by atoms with E-state index in [0.29, 0.717) is 6.04 Å². The van der Waals surface area contributed by atoms with Crippen molar-refractivity contribution in [3.8, 4) is 0 Å². The first-order chi connectivity index (χ1) is 8.66. The van der Waals surface area contributed by atoms with Crippen LogP contribution in [0.15, 0.2) is 12.3 Å². The number of pyridine rings is 1. The van der Waals surface area contributed by atoms with E-state index in [4.69, 9.17) is 16.3 Å². The van der Waals surface area contributed by atoms with Gasteiger partial charge >= 0.3 is 0 Å². The Kier molecular flexibility index (Phi) is 2.92. The summed E-state index contributed by atoms with van der Waals surface area (Å²) in [4.78, 5) is 10.1. The monoisotopic (exact) mass is 265 g/mol. The third-order valence-corrected chi connectivity index (χ3v) is 3.74. The first-order valence-electron chi connectivity index (χ1n) is 6.15. The molecule has 5 heteroatoms. The number of nitrogens with zero attached hydrogens (tertiary/aromatic N) is 2. The van der Waals surface area contributed by atoms with Crippen LogP contribution in [0, 0.1) is 6.92 Å². The molecule has 3 heterocycles. The molecule has 96 valence electrons. The first-order valence-corrected chi connectivity index (χ1v) is 6.53. The van der Waals surface area contributed by atoms with Crippen molar-refractivity contribution in [2.75, 3.05) is 24.7 Å². The third kappa shape index (κ3) is 1.85. The second-order valence-corrected chi connectivity index (χ2v) is 5.18. The number of aromatic nitrogens is 2. The van der Waals surface area contributed by atoms with E-state index in [9.17, 15) is 0 Å². The van der Waals surface area contributed by atoms with E-state index >= 15 is 0 Å². The van der Waals surface area contributed by atoms with Gasteiger partial charge in [0.1, 0.15) is 11.5 Å². The van der Waals surface area contributed by atoms with Gasteiger partial charge in [0.15, 0.2) is 0 Å². The summed E-state index contributed by atoms with van der Waals surface area (Å²) < 4.78 is 5.45. The molecule has 3 rings (SSSR count). The fourth-order valence-electron chi connectivity index (χ4n) is 2.44. The minimum absolute atomic E-state index is 0.329. The molecule has 0 bridgehead atoms. The number of halogens is 1. The van der Waals surface area contributed by atoms with E-state index < -0.39 is 0 Å². The number of aromatic amines is 1. The summed E-state index contributed by atoms with van der Waals surface area (Å²) in [7, 11) is 0. The molecule has 2 aromatic heterocycles. The Morgan fingerprint density at radius 3 is 3.17 bits per heavy atom. The number of H-pyrrole nitrogens is 1. The standard InChI is InChI=1S/C13H16ClN3O/c1-8-6-15-13-12(8)10(14)5-11(16-13)17-3-4-18-7-9(17)2/h5-6,9H,3-4,7H2,1-2H3,(H,15,16)/t9-/m1/s1. The summed E-state index contributed by atoms with van der Waals surface area (Å²) in [6.07, 6.45) is 1.94. The minimum atomic E-state index is 0.329. The second kappa shape index (κ2) is 4.44. The summed E-state index contributed by atoms with van der Waals surface area (Å²) in [5.41, 5.74) is 1.98. The fourth-order valence-corrected chi connectivity index (χ4v) is 2.78. The molecule has 4 nitrogen and oxygen atoms in total. The quantitative estimate of drug-likeness (QED) is 0.862. The number of nitrogens with one attached hydrogen (secondary N) is 1. The number of anilines is 1. The van der Waals surface area contributed by atoms with Crippen LogP contribution in [0.2, 0.25) is 5.02 Å². The second-order valence-electron chi connectivity index (χ2n) is 4.77. The molecule has 2 aromatic rings. The van der Waals surface area contributed by atoms with Crippen molar-refractivity contribution in [2.24, 2.45) is 0 Å². The normalized spacial score (nSPS) is 20.6. The van der Waals surface area contributed by atoms with Gasteiger partial charge in [0.25, 0.3) is 0 Å². The molecule has 1 aliphatic rings. The summed E-state index contributed by atoms with van der Waals surface area (Å²) in [5, 5.41) is 1.77. The van der Waals surface area contributed by atoms with E-state index in [1.807, 2.05) is 19.2 Å². The zero-order valence-corrected chi connectivity index (χ0v) is 11.3. The van der Waals surface area contributed by atoms with E-state index in [1.165, 1.54) is 0 Å². The fraction of sp³-hybridized carbons (Fsp3) is 0.462. The SMILES string of the molecule is Cc1c[nH]c2nc(N3CCOC[C@H]3C)cc(Cl)c12. The van der Waals surface area contributed by atoms with Crippen molar-refractivity contribution in [1.29, 1.82) is 0 Å². The molecule has 0 aliphatic carbocycles. The molecule has 0 amide bonds. The topological polar surface area (TPSA) is 41.2 Å². The molecule has 0 aromatic carbocycles. The highest BCUT2D eigenvalue weighted by molar-refractivity contribution is 6.35. The van der Waals surface area contributed by atoms with Crippen molar-refractivity contribution in [3.05, 3.63) is 22.8 Å². The largest absolute Gasteiger partial charge is 0.377 e. The summed E-state index contributed by atoms with van der Waals surface area (Å²) in [6.45, 7) is 6.50. The Hall–Kier alpha value is -1.26. The molecule has 1 aliphatic heterocycles. The van der Waals surface area contributed by atoms with Gasteiger partial charge in [-0.3, -0.25) is 0 Å². The number of hydrogen-bond acceptors (Lipinski definition) is 3. The van der Waals surface area contributed by atoms with Gasteiger partial charge in [-0.1, -0.05) is 11.6 Å². The summed E-state index contributed by atoms with van der Waals surface area (Å²) >= 11 is 6.36. The average molecular weight is 266 g/mol. The van der Waals surface area contributed by atoms with Gasteiger partial charge in [0.05, 0.1) is 24.3 Å². The maximum atomic E-state index is 6.36. The zero-order chi connectivity index (χ0) is 12.7. The van der Waals surface area contributed by atoms with E-state index in [0.717, 1.165) is 47.2 Å². The van der Waals surface area contributed by atoms with E-state index in [1.54, 1.807) is 0 Å². The molecule has 1 N–H and O–H groups in total. The molecule has 0 saturated carbocycles. The highest BCUT2D eigenvalue weighted by Crippen LogP contribution is 2.30. The Labute approximate surface area is 111 Å². The number of aryl methyl sites for hydroxylation is 1. The Morgan fingerprint density at radius 2 is 2.39 bits per heavy atom. The Balaban J connectivity index is 2.07. The van der Waals surface area contributed by atoms with Gasteiger partial charge < -0.3 is 14.6 Å².